The van der Waals surface area contributed by atoms with E-state index in [1.807, 2.05) is 30.3 Å². The van der Waals surface area contributed by atoms with Crippen molar-refractivity contribution >= 4 is 10.8 Å². The van der Waals surface area contributed by atoms with Crippen LogP contribution in [0.3, 0.4) is 0 Å². The van der Waals surface area contributed by atoms with Gasteiger partial charge in [-0.3, -0.25) is 4.98 Å². The van der Waals surface area contributed by atoms with Gasteiger partial charge in [-0.05, 0) is 18.4 Å². The van der Waals surface area contributed by atoms with Crippen LogP contribution in [0.1, 0.15) is 5.69 Å². The second-order valence-electron chi connectivity index (χ2n) is 3.87. The molecule has 0 amide bonds. The minimum Gasteiger partial charge on any atom is -0.338 e. The van der Waals surface area contributed by atoms with Crippen LogP contribution in [0, 0.1) is 6.92 Å². The maximum atomic E-state index is 11.6. The van der Waals surface area contributed by atoms with Crippen LogP contribution in [0.15, 0.2) is 45.8 Å². The third kappa shape index (κ3) is 1.45. The highest BCUT2D eigenvalue weighted by Gasteiger charge is 2.14. The second kappa shape index (κ2) is 3.59. The van der Waals surface area contributed by atoms with Gasteiger partial charge >= 0.3 is 5.63 Å². The van der Waals surface area contributed by atoms with Crippen LogP contribution >= 0.6 is 0 Å². The van der Waals surface area contributed by atoms with E-state index in [9.17, 15) is 4.79 Å². The number of aromatic amines is 1. The van der Waals surface area contributed by atoms with Gasteiger partial charge in [0, 0.05) is 11.6 Å². The number of hydrogen-bond donors (Lipinski definition) is 1. The van der Waals surface area contributed by atoms with Gasteiger partial charge in [-0.15, -0.1) is 0 Å². The summed E-state index contributed by atoms with van der Waals surface area (Å²) in [6.07, 6.45) is 1.70. The first-order chi connectivity index (χ1) is 8.27. The van der Waals surface area contributed by atoms with Crippen molar-refractivity contribution in [2.24, 2.45) is 0 Å². The van der Waals surface area contributed by atoms with Crippen molar-refractivity contribution in [3.05, 3.63) is 52.6 Å². The number of nitrogens with zero attached hydrogens (tertiary/aromatic N) is 1. The van der Waals surface area contributed by atoms with E-state index in [0.717, 1.165) is 10.8 Å². The SMILES string of the molecule is Cc1[nH]oc(=O)c1-c1nccc2ccccc12. The Kier molecular flexibility index (Phi) is 2.08. The number of H-pyrrole nitrogens is 1. The molecule has 2 heterocycles. The third-order valence-corrected chi connectivity index (χ3v) is 2.79. The summed E-state index contributed by atoms with van der Waals surface area (Å²) in [6, 6.07) is 9.74. The Balaban J connectivity index is 2.43. The van der Waals surface area contributed by atoms with E-state index in [-0.39, 0.29) is 5.63 Å². The van der Waals surface area contributed by atoms with Crippen molar-refractivity contribution in [3.8, 4) is 11.3 Å². The minimum atomic E-state index is -0.383. The summed E-state index contributed by atoms with van der Waals surface area (Å²) in [7, 11) is 0. The Morgan fingerprint density at radius 3 is 2.82 bits per heavy atom. The highest BCUT2D eigenvalue weighted by atomic mass is 16.5. The molecule has 1 aromatic carbocycles. The molecular weight excluding hydrogens is 216 g/mol. The van der Waals surface area contributed by atoms with Crippen molar-refractivity contribution in [3.63, 3.8) is 0 Å². The average Bonchev–Trinajstić information content (AvgIpc) is 2.69. The zero-order valence-electron chi connectivity index (χ0n) is 9.23. The van der Waals surface area contributed by atoms with Gasteiger partial charge in [-0.25, -0.2) is 9.95 Å². The van der Waals surface area contributed by atoms with Crippen LogP contribution in [0.4, 0.5) is 0 Å². The highest BCUT2D eigenvalue weighted by Crippen LogP contribution is 2.25. The Labute approximate surface area is 96.9 Å². The number of nitrogens with one attached hydrogen (secondary N) is 1. The molecular formula is C13H10N2O2. The number of fused-ring (bicyclic) bond motifs is 1. The molecule has 0 saturated carbocycles. The first-order valence-corrected chi connectivity index (χ1v) is 5.29. The van der Waals surface area contributed by atoms with E-state index in [1.54, 1.807) is 13.1 Å². The molecule has 0 aliphatic rings. The summed E-state index contributed by atoms with van der Waals surface area (Å²) in [5.41, 5.74) is 1.47. The Morgan fingerprint density at radius 1 is 1.24 bits per heavy atom. The predicted molar refractivity (Wildman–Crippen MR) is 64.8 cm³/mol. The maximum absolute atomic E-state index is 11.6. The first kappa shape index (κ1) is 9.84. The summed E-state index contributed by atoms with van der Waals surface area (Å²) in [4.78, 5) is 15.9. The molecule has 84 valence electrons. The molecule has 3 rings (SSSR count). The van der Waals surface area contributed by atoms with Gasteiger partial charge in [0.15, 0.2) is 0 Å². The first-order valence-electron chi connectivity index (χ1n) is 5.29. The number of hydrogen-bond acceptors (Lipinski definition) is 3. The molecule has 4 heteroatoms. The number of pyridine rings is 1. The average molecular weight is 226 g/mol. The van der Waals surface area contributed by atoms with Gasteiger partial charge in [0.2, 0.25) is 0 Å². The topological polar surface area (TPSA) is 58.9 Å². The van der Waals surface area contributed by atoms with Crippen LogP contribution in [-0.2, 0) is 0 Å². The Bertz CT molecular complexity index is 735. The highest BCUT2D eigenvalue weighted by molar-refractivity contribution is 5.94. The van der Waals surface area contributed by atoms with Crippen LogP contribution in [-0.4, -0.2) is 10.1 Å². The monoisotopic (exact) mass is 226 g/mol. The summed E-state index contributed by atoms with van der Waals surface area (Å²) in [6.45, 7) is 1.80. The zero-order valence-corrected chi connectivity index (χ0v) is 9.23. The molecule has 2 aromatic heterocycles. The number of benzene rings is 1. The lowest BCUT2D eigenvalue weighted by atomic mass is 10.1. The van der Waals surface area contributed by atoms with E-state index < -0.39 is 0 Å². The number of rotatable bonds is 1. The van der Waals surface area contributed by atoms with Gasteiger partial charge in [0.25, 0.3) is 0 Å². The van der Waals surface area contributed by atoms with Crippen molar-refractivity contribution < 1.29 is 4.52 Å². The molecule has 0 aliphatic heterocycles. The van der Waals surface area contributed by atoms with Crippen LogP contribution in [0.2, 0.25) is 0 Å². The minimum absolute atomic E-state index is 0.383. The maximum Gasteiger partial charge on any atom is 0.366 e. The molecule has 0 aliphatic carbocycles. The lowest BCUT2D eigenvalue weighted by molar-refractivity contribution is 0.388. The third-order valence-electron chi connectivity index (χ3n) is 2.79. The molecule has 0 spiro atoms. The van der Waals surface area contributed by atoms with Gasteiger partial charge in [0.1, 0.15) is 5.56 Å². The quantitative estimate of drug-likeness (QED) is 0.693. The fourth-order valence-corrected chi connectivity index (χ4v) is 1.97. The standard InChI is InChI=1S/C13H10N2O2/c1-8-11(13(16)17-15-8)12-10-5-3-2-4-9(10)6-7-14-12/h2-7,15H,1H3. The summed E-state index contributed by atoms with van der Waals surface area (Å²) < 4.78 is 4.78. The van der Waals surface area contributed by atoms with Crippen molar-refractivity contribution in [1.29, 1.82) is 0 Å². The normalized spacial score (nSPS) is 10.9. The fourth-order valence-electron chi connectivity index (χ4n) is 1.97. The van der Waals surface area contributed by atoms with Gasteiger partial charge in [-0.2, -0.15) is 0 Å². The van der Waals surface area contributed by atoms with Crippen molar-refractivity contribution in [1.82, 2.24) is 10.1 Å². The van der Waals surface area contributed by atoms with Gasteiger partial charge < -0.3 is 4.52 Å². The van der Waals surface area contributed by atoms with E-state index in [2.05, 4.69) is 10.1 Å². The Morgan fingerprint density at radius 2 is 2.06 bits per heavy atom. The molecule has 4 nitrogen and oxygen atoms in total. The predicted octanol–water partition coefficient (Wildman–Crippen LogP) is 2.49. The number of aromatic nitrogens is 2. The smallest absolute Gasteiger partial charge is 0.338 e. The molecule has 0 bridgehead atoms. The molecule has 0 atom stereocenters. The Hall–Kier alpha value is -2.36. The summed E-state index contributed by atoms with van der Waals surface area (Å²) >= 11 is 0. The molecule has 17 heavy (non-hydrogen) atoms. The van der Waals surface area contributed by atoms with Crippen LogP contribution in [0.5, 0.6) is 0 Å². The van der Waals surface area contributed by atoms with E-state index in [0.29, 0.717) is 17.0 Å². The van der Waals surface area contributed by atoms with Gasteiger partial charge in [-0.1, -0.05) is 24.3 Å². The zero-order chi connectivity index (χ0) is 11.8. The van der Waals surface area contributed by atoms with Crippen molar-refractivity contribution in [2.75, 3.05) is 0 Å². The van der Waals surface area contributed by atoms with E-state index in [1.165, 1.54) is 0 Å². The summed E-state index contributed by atoms with van der Waals surface area (Å²) in [5.74, 6) is 0. The number of aryl methyl sites for hydroxylation is 1. The summed E-state index contributed by atoms with van der Waals surface area (Å²) in [5, 5.41) is 4.57. The lowest BCUT2D eigenvalue weighted by Crippen LogP contribution is -1.99. The lowest BCUT2D eigenvalue weighted by Gasteiger charge is -2.02. The van der Waals surface area contributed by atoms with Crippen LogP contribution < -0.4 is 5.63 Å². The molecule has 0 unspecified atom stereocenters. The molecule has 0 saturated heterocycles. The fraction of sp³-hybridized carbons (Fsp3) is 0.0769. The van der Waals surface area contributed by atoms with E-state index >= 15 is 0 Å². The molecule has 0 radical (unpaired) electrons. The largest absolute Gasteiger partial charge is 0.366 e. The van der Waals surface area contributed by atoms with Gasteiger partial charge in [0.05, 0.1) is 11.4 Å². The second-order valence-corrected chi connectivity index (χ2v) is 3.87. The molecule has 0 fully saturated rings. The van der Waals surface area contributed by atoms with E-state index in [4.69, 9.17) is 4.52 Å². The van der Waals surface area contributed by atoms with Crippen LogP contribution in [0.25, 0.3) is 22.0 Å². The van der Waals surface area contributed by atoms with Crippen molar-refractivity contribution in [2.45, 2.75) is 6.92 Å². The molecule has 1 N–H and O–H groups in total. The molecule has 3 aromatic rings.